The number of alkyl halides is 3. The van der Waals surface area contributed by atoms with E-state index in [4.69, 9.17) is 9.36 Å². The molecule has 5 rings (SSSR count). The third-order valence-electron chi connectivity index (χ3n) is 6.02. The zero-order valence-corrected chi connectivity index (χ0v) is 18.9. The van der Waals surface area contributed by atoms with Gasteiger partial charge in [0.1, 0.15) is 22.3 Å². The maximum absolute atomic E-state index is 13.7. The number of carbonyl (C=O) groups is 1. The van der Waals surface area contributed by atoms with Crippen molar-refractivity contribution in [3.8, 4) is 5.75 Å². The third kappa shape index (κ3) is 4.73. The number of rotatable bonds is 8. The molecule has 0 bridgehead atoms. The minimum absolute atomic E-state index is 0.0491. The Morgan fingerprint density at radius 3 is 2.71 bits per heavy atom. The number of pyridine rings is 1. The summed E-state index contributed by atoms with van der Waals surface area (Å²) in [5.74, 6) is 0.140. The quantitative estimate of drug-likeness (QED) is 0.330. The van der Waals surface area contributed by atoms with E-state index < -0.39 is 28.7 Å². The molecular formula is C23H21F3N6O3. The van der Waals surface area contributed by atoms with Crippen LogP contribution in [0.25, 0.3) is 11.0 Å². The summed E-state index contributed by atoms with van der Waals surface area (Å²) in [4.78, 5) is 27.7. The second-order valence-electron chi connectivity index (χ2n) is 9.05. The van der Waals surface area contributed by atoms with E-state index in [1.54, 1.807) is 31.2 Å². The Labute approximate surface area is 197 Å². The van der Waals surface area contributed by atoms with Crippen molar-refractivity contribution in [3.63, 3.8) is 0 Å². The zero-order valence-electron chi connectivity index (χ0n) is 18.9. The first kappa shape index (κ1) is 22.9. The summed E-state index contributed by atoms with van der Waals surface area (Å²) < 4.78 is 46.2. The highest BCUT2D eigenvalue weighted by atomic mass is 19.4. The Morgan fingerprint density at radius 2 is 2.03 bits per heavy atom. The summed E-state index contributed by atoms with van der Waals surface area (Å²) >= 11 is 0. The monoisotopic (exact) mass is 486 g/mol. The lowest BCUT2D eigenvalue weighted by Gasteiger charge is -2.25. The van der Waals surface area contributed by atoms with Crippen molar-refractivity contribution < 1.29 is 27.3 Å². The van der Waals surface area contributed by atoms with E-state index in [0.29, 0.717) is 41.3 Å². The van der Waals surface area contributed by atoms with E-state index in [1.165, 1.54) is 0 Å². The van der Waals surface area contributed by atoms with Crippen LogP contribution in [0.15, 0.2) is 41.1 Å². The van der Waals surface area contributed by atoms with Crippen LogP contribution in [0.5, 0.6) is 5.75 Å². The summed E-state index contributed by atoms with van der Waals surface area (Å²) in [6.45, 7) is 3.52. The number of halogens is 3. The van der Waals surface area contributed by atoms with Crippen LogP contribution in [0, 0.1) is 12.8 Å². The predicted molar refractivity (Wildman–Crippen MR) is 115 cm³/mol. The van der Waals surface area contributed by atoms with E-state index in [2.05, 4.69) is 25.4 Å². The van der Waals surface area contributed by atoms with Gasteiger partial charge < -0.3 is 9.36 Å². The molecule has 35 heavy (non-hydrogen) atoms. The molecular weight excluding hydrogens is 465 g/mol. The Bertz CT molecular complexity index is 1390. The minimum atomic E-state index is -4.76. The van der Waals surface area contributed by atoms with Gasteiger partial charge in [0.05, 0.1) is 0 Å². The highest BCUT2D eigenvalue weighted by molar-refractivity contribution is 5.95. The lowest BCUT2D eigenvalue weighted by atomic mass is 9.78. The normalized spacial score (nSPS) is 15.8. The van der Waals surface area contributed by atoms with Gasteiger partial charge in [-0.15, -0.1) is 5.10 Å². The molecule has 182 valence electrons. The Kier molecular flexibility index (Phi) is 5.53. The fourth-order valence-corrected chi connectivity index (χ4v) is 4.08. The molecule has 1 aliphatic carbocycles. The first-order valence-electron chi connectivity index (χ1n) is 11.0. The number of aromatic nitrogens is 6. The Balaban J connectivity index is 1.48. The number of fused-ring (bicyclic) bond motifs is 1. The number of benzene rings is 1. The molecule has 0 aliphatic heterocycles. The van der Waals surface area contributed by atoms with Gasteiger partial charge in [0.2, 0.25) is 5.89 Å². The lowest BCUT2D eigenvalue weighted by molar-refractivity contribution is -0.139. The first-order valence-corrected chi connectivity index (χ1v) is 11.0. The minimum Gasteiger partial charge on any atom is -0.355 e. The van der Waals surface area contributed by atoms with Gasteiger partial charge in [0.15, 0.2) is 17.4 Å². The molecule has 1 fully saturated rings. The molecule has 1 aliphatic rings. The largest absolute Gasteiger partial charge is 0.421 e. The van der Waals surface area contributed by atoms with Gasteiger partial charge in [-0.3, -0.25) is 9.78 Å². The number of nitrogens with zero attached hydrogens (tertiary/aromatic N) is 6. The smallest absolute Gasteiger partial charge is 0.355 e. The van der Waals surface area contributed by atoms with Crippen molar-refractivity contribution in [1.29, 1.82) is 0 Å². The third-order valence-corrected chi connectivity index (χ3v) is 6.02. The fourth-order valence-electron chi connectivity index (χ4n) is 4.08. The molecule has 4 aromatic rings. The van der Waals surface area contributed by atoms with Crippen molar-refractivity contribution in [3.05, 3.63) is 59.5 Å². The molecule has 0 N–H and O–H groups in total. The average molecular weight is 486 g/mol. The van der Waals surface area contributed by atoms with Crippen LogP contribution in [-0.4, -0.2) is 36.1 Å². The molecule has 0 radical (unpaired) electrons. The summed E-state index contributed by atoms with van der Waals surface area (Å²) in [6.07, 6.45) is -1.47. The fraction of sp³-hybridized carbons (Fsp3) is 0.391. The van der Waals surface area contributed by atoms with E-state index in [9.17, 15) is 18.0 Å². The number of Topliss-reactive ketones (excluding diaryl/α,β-unsaturated/α-hetero) is 1. The van der Waals surface area contributed by atoms with Crippen molar-refractivity contribution >= 4 is 16.8 Å². The SMILES string of the molecule is Cc1nc(C(C)(CC(=O)c2cc(On3nnc4ccccc43)c(C(F)(F)F)cn2)CC2CC2)no1. The summed E-state index contributed by atoms with van der Waals surface area (Å²) in [5, 5.41) is 11.7. The van der Waals surface area contributed by atoms with Crippen LogP contribution in [0.4, 0.5) is 13.2 Å². The number of hydrogen-bond donors (Lipinski definition) is 0. The van der Waals surface area contributed by atoms with Crippen molar-refractivity contribution in [2.75, 3.05) is 0 Å². The van der Waals surface area contributed by atoms with Gasteiger partial charge >= 0.3 is 6.18 Å². The summed E-state index contributed by atoms with van der Waals surface area (Å²) in [6, 6.07) is 7.63. The van der Waals surface area contributed by atoms with Crippen LogP contribution < -0.4 is 4.84 Å². The van der Waals surface area contributed by atoms with Crippen LogP contribution in [0.3, 0.4) is 0 Å². The topological polar surface area (TPSA) is 109 Å². The molecule has 3 aromatic heterocycles. The van der Waals surface area contributed by atoms with Crippen LogP contribution in [0.1, 0.15) is 60.4 Å². The summed E-state index contributed by atoms with van der Waals surface area (Å²) in [5.41, 5.74) is -1.24. The van der Waals surface area contributed by atoms with Gasteiger partial charge in [0.25, 0.3) is 0 Å². The second kappa shape index (κ2) is 8.43. The number of carbonyl (C=O) groups excluding carboxylic acids is 1. The molecule has 1 saturated carbocycles. The molecule has 9 nitrogen and oxygen atoms in total. The Morgan fingerprint density at radius 1 is 1.26 bits per heavy atom. The highest BCUT2D eigenvalue weighted by Gasteiger charge is 2.41. The number of hydrogen-bond acceptors (Lipinski definition) is 8. The van der Waals surface area contributed by atoms with Gasteiger partial charge in [0, 0.05) is 31.0 Å². The van der Waals surface area contributed by atoms with Crippen molar-refractivity contribution in [1.82, 2.24) is 30.3 Å². The Hall–Kier alpha value is -3.83. The standard InChI is InChI=1S/C23H21F3N6O3/c1-13-28-21(30-34-13)22(2,10-14-7-8-14)11-19(33)17-9-20(15(12-27-17)23(24,25)26)35-32-18-6-4-3-5-16(18)29-31-32/h3-6,9,12,14H,7-8,10-11H2,1-2H3. The van der Waals surface area contributed by atoms with Crippen molar-refractivity contribution in [2.24, 2.45) is 5.92 Å². The lowest BCUT2D eigenvalue weighted by Crippen LogP contribution is -2.28. The van der Waals surface area contributed by atoms with E-state index in [-0.39, 0.29) is 12.1 Å². The van der Waals surface area contributed by atoms with Crippen LogP contribution >= 0.6 is 0 Å². The molecule has 1 aromatic carbocycles. The summed E-state index contributed by atoms with van der Waals surface area (Å²) in [7, 11) is 0. The van der Waals surface area contributed by atoms with Crippen LogP contribution in [-0.2, 0) is 11.6 Å². The number of para-hydroxylation sites is 1. The highest BCUT2D eigenvalue weighted by Crippen LogP contribution is 2.43. The molecule has 1 atom stereocenters. The maximum Gasteiger partial charge on any atom is 0.421 e. The van der Waals surface area contributed by atoms with E-state index >= 15 is 0 Å². The zero-order chi connectivity index (χ0) is 24.8. The molecule has 1 unspecified atom stereocenters. The number of ketones is 1. The van der Waals surface area contributed by atoms with Gasteiger partial charge in [-0.1, -0.05) is 41.9 Å². The van der Waals surface area contributed by atoms with Crippen molar-refractivity contribution in [2.45, 2.75) is 51.1 Å². The maximum atomic E-state index is 13.7. The molecule has 3 heterocycles. The van der Waals surface area contributed by atoms with Gasteiger partial charge in [-0.05, 0) is 29.7 Å². The van der Waals surface area contributed by atoms with E-state index in [1.807, 2.05) is 6.92 Å². The van der Waals surface area contributed by atoms with E-state index in [0.717, 1.165) is 23.8 Å². The predicted octanol–water partition coefficient (Wildman–Crippen LogP) is 4.71. The second-order valence-corrected chi connectivity index (χ2v) is 9.05. The van der Waals surface area contributed by atoms with Gasteiger partial charge in [-0.25, -0.2) is 0 Å². The molecule has 12 heteroatoms. The van der Waals surface area contributed by atoms with Crippen LogP contribution in [0.2, 0.25) is 0 Å². The molecule has 0 saturated heterocycles. The first-order chi connectivity index (χ1) is 16.6. The average Bonchev–Trinajstić information content (AvgIpc) is 3.34. The van der Waals surface area contributed by atoms with Gasteiger partial charge in [-0.2, -0.15) is 18.2 Å². The molecule has 0 amide bonds. The molecule has 0 spiro atoms. The number of aryl methyl sites for hydroxylation is 1.